The SMILES string of the molecule is COc1cccc(C(=O)NC(C(=O)N2CCCCC2)C2CCN(C(=O)C3CC3)CC2)c1. The molecule has 7 nitrogen and oxygen atoms in total. The number of benzene rings is 1. The predicted octanol–water partition coefficient (Wildman–Crippen LogP) is 2.45. The Morgan fingerprint density at radius 3 is 2.32 bits per heavy atom. The molecule has 2 heterocycles. The van der Waals surface area contributed by atoms with Gasteiger partial charge in [0.25, 0.3) is 5.91 Å². The normalized spacial score (nSPS) is 20.8. The van der Waals surface area contributed by atoms with Crippen LogP contribution in [0.2, 0.25) is 0 Å². The third kappa shape index (κ3) is 5.20. The molecule has 1 aromatic carbocycles. The number of nitrogens with one attached hydrogen (secondary N) is 1. The van der Waals surface area contributed by atoms with Crippen LogP contribution in [-0.2, 0) is 9.59 Å². The third-order valence-electron chi connectivity index (χ3n) is 6.80. The van der Waals surface area contributed by atoms with Gasteiger partial charge in [0, 0.05) is 37.7 Å². The van der Waals surface area contributed by atoms with Crippen LogP contribution < -0.4 is 10.1 Å². The molecule has 4 rings (SSSR count). The van der Waals surface area contributed by atoms with E-state index in [0.29, 0.717) is 24.4 Å². The van der Waals surface area contributed by atoms with Crippen LogP contribution >= 0.6 is 0 Å². The summed E-state index contributed by atoms with van der Waals surface area (Å²) in [5, 5.41) is 3.04. The smallest absolute Gasteiger partial charge is 0.252 e. The van der Waals surface area contributed by atoms with Crippen molar-refractivity contribution in [1.82, 2.24) is 15.1 Å². The second-order valence-electron chi connectivity index (χ2n) is 9.01. The van der Waals surface area contributed by atoms with Gasteiger partial charge in [-0.1, -0.05) is 6.07 Å². The van der Waals surface area contributed by atoms with Crippen molar-refractivity contribution in [2.75, 3.05) is 33.3 Å². The summed E-state index contributed by atoms with van der Waals surface area (Å²) >= 11 is 0. The fourth-order valence-electron chi connectivity index (χ4n) is 4.72. The summed E-state index contributed by atoms with van der Waals surface area (Å²) in [6, 6.07) is 6.43. The standard InChI is InChI=1S/C24H33N3O4/c1-31-20-7-5-6-19(16-20)22(28)25-21(24(30)26-12-3-2-4-13-26)17-10-14-27(15-11-17)23(29)18-8-9-18/h5-7,16-18,21H,2-4,8-15H2,1H3,(H,25,28). The van der Waals surface area contributed by atoms with E-state index >= 15 is 0 Å². The molecule has 0 radical (unpaired) electrons. The number of methoxy groups -OCH3 is 1. The minimum atomic E-state index is -0.560. The summed E-state index contributed by atoms with van der Waals surface area (Å²) in [6.45, 7) is 2.84. The summed E-state index contributed by atoms with van der Waals surface area (Å²) in [7, 11) is 1.57. The molecule has 0 spiro atoms. The Balaban J connectivity index is 1.46. The van der Waals surface area contributed by atoms with E-state index in [-0.39, 0.29) is 29.6 Å². The zero-order chi connectivity index (χ0) is 21.8. The summed E-state index contributed by atoms with van der Waals surface area (Å²) in [4.78, 5) is 42.7. The number of carbonyl (C=O) groups excluding carboxylic acids is 3. The van der Waals surface area contributed by atoms with E-state index in [1.165, 1.54) is 0 Å². The first kappa shape index (κ1) is 21.7. The predicted molar refractivity (Wildman–Crippen MR) is 117 cm³/mol. The third-order valence-corrected chi connectivity index (χ3v) is 6.80. The molecular weight excluding hydrogens is 394 g/mol. The second kappa shape index (κ2) is 9.71. The first-order chi connectivity index (χ1) is 15.1. The molecule has 2 saturated heterocycles. The van der Waals surface area contributed by atoms with Crippen LogP contribution in [0.3, 0.4) is 0 Å². The van der Waals surface area contributed by atoms with Crippen molar-refractivity contribution in [3.05, 3.63) is 29.8 Å². The van der Waals surface area contributed by atoms with Gasteiger partial charge in [0.2, 0.25) is 11.8 Å². The molecule has 31 heavy (non-hydrogen) atoms. The first-order valence-electron chi connectivity index (χ1n) is 11.6. The zero-order valence-corrected chi connectivity index (χ0v) is 18.3. The minimum Gasteiger partial charge on any atom is -0.497 e. The van der Waals surface area contributed by atoms with Gasteiger partial charge in [-0.2, -0.15) is 0 Å². The molecule has 0 aromatic heterocycles. The average molecular weight is 428 g/mol. The molecule has 1 saturated carbocycles. The van der Waals surface area contributed by atoms with Crippen molar-refractivity contribution in [1.29, 1.82) is 0 Å². The van der Waals surface area contributed by atoms with Crippen LogP contribution in [0.4, 0.5) is 0 Å². The van der Waals surface area contributed by atoms with Crippen LogP contribution in [0.25, 0.3) is 0 Å². The summed E-state index contributed by atoms with van der Waals surface area (Å²) in [6.07, 6.45) is 6.65. The maximum Gasteiger partial charge on any atom is 0.252 e. The number of carbonyl (C=O) groups is 3. The number of piperidine rings is 2. The van der Waals surface area contributed by atoms with Crippen molar-refractivity contribution in [3.8, 4) is 5.75 Å². The van der Waals surface area contributed by atoms with Crippen LogP contribution in [0.15, 0.2) is 24.3 Å². The lowest BCUT2D eigenvalue weighted by Crippen LogP contribution is -2.55. The molecule has 1 atom stereocenters. The van der Waals surface area contributed by atoms with Crippen LogP contribution in [0.1, 0.15) is 55.3 Å². The van der Waals surface area contributed by atoms with Gasteiger partial charge in [0.1, 0.15) is 11.8 Å². The fraction of sp³-hybridized carbons (Fsp3) is 0.625. The van der Waals surface area contributed by atoms with E-state index in [1.807, 2.05) is 9.80 Å². The monoisotopic (exact) mass is 427 g/mol. The highest BCUT2D eigenvalue weighted by molar-refractivity contribution is 5.98. The molecule has 3 amide bonds. The van der Waals surface area contributed by atoms with Gasteiger partial charge in [-0.15, -0.1) is 0 Å². The van der Waals surface area contributed by atoms with E-state index in [1.54, 1.807) is 31.4 Å². The maximum atomic E-state index is 13.4. The van der Waals surface area contributed by atoms with Crippen LogP contribution in [-0.4, -0.2) is 66.9 Å². The van der Waals surface area contributed by atoms with Crippen molar-refractivity contribution >= 4 is 17.7 Å². The number of hydrogen-bond donors (Lipinski definition) is 1. The van der Waals surface area contributed by atoms with Crippen molar-refractivity contribution in [2.45, 2.75) is 51.0 Å². The Morgan fingerprint density at radius 1 is 0.968 bits per heavy atom. The summed E-state index contributed by atoms with van der Waals surface area (Å²) in [5.74, 6) is 0.882. The molecule has 0 bridgehead atoms. The lowest BCUT2D eigenvalue weighted by atomic mass is 9.87. The molecule has 2 aliphatic heterocycles. The molecule has 1 N–H and O–H groups in total. The van der Waals surface area contributed by atoms with Crippen LogP contribution in [0, 0.1) is 11.8 Å². The fourth-order valence-corrected chi connectivity index (χ4v) is 4.72. The minimum absolute atomic E-state index is 0.0166. The Hall–Kier alpha value is -2.57. The Kier molecular flexibility index (Phi) is 6.78. The number of likely N-dealkylation sites (tertiary alicyclic amines) is 2. The molecule has 1 aromatic rings. The van der Waals surface area contributed by atoms with E-state index in [0.717, 1.165) is 58.0 Å². The highest BCUT2D eigenvalue weighted by Crippen LogP contribution is 2.33. The molecule has 1 unspecified atom stereocenters. The van der Waals surface area contributed by atoms with E-state index in [4.69, 9.17) is 4.74 Å². The number of rotatable bonds is 6. The zero-order valence-electron chi connectivity index (χ0n) is 18.3. The van der Waals surface area contributed by atoms with Crippen molar-refractivity contribution < 1.29 is 19.1 Å². The second-order valence-corrected chi connectivity index (χ2v) is 9.01. The maximum absolute atomic E-state index is 13.4. The van der Waals surface area contributed by atoms with Crippen LogP contribution in [0.5, 0.6) is 5.75 Å². The van der Waals surface area contributed by atoms with Gasteiger partial charge in [0.15, 0.2) is 0 Å². The number of amides is 3. The Morgan fingerprint density at radius 2 is 1.68 bits per heavy atom. The molecule has 3 aliphatic rings. The highest BCUT2D eigenvalue weighted by atomic mass is 16.5. The number of hydrogen-bond acceptors (Lipinski definition) is 4. The molecule has 168 valence electrons. The van der Waals surface area contributed by atoms with Gasteiger partial charge in [0.05, 0.1) is 7.11 Å². The van der Waals surface area contributed by atoms with Gasteiger partial charge in [-0.25, -0.2) is 0 Å². The number of nitrogens with zero attached hydrogens (tertiary/aromatic N) is 2. The van der Waals surface area contributed by atoms with Crippen molar-refractivity contribution in [3.63, 3.8) is 0 Å². The quantitative estimate of drug-likeness (QED) is 0.756. The first-order valence-corrected chi connectivity index (χ1v) is 11.6. The molecule has 3 fully saturated rings. The molecular formula is C24H33N3O4. The molecule has 7 heteroatoms. The van der Waals surface area contributed by atoms with Gasteiger partial charge in [-0.05, 0) is 69.1 Å². The van der Waals surface area contributed by atoms with Crippen molar-refractivity contribution in [2.24, 2.45) is 11.8 Å². The summed E-state index contributed by atoms with van der Waals surface area (Å²) in [5.41, 5.74) is 0.483. The van der Waals surface area contributed by atoms with E-state index in [9.17, 15) is 14.4 Å². The lowest BCUT2D eigenvalue weighted by molar-refractivity contribution is -0.137. The topological polar surface area (TPSA) is 79.0 Å². The summed E-state index contributed by atoms with van der Waals surface area (Å²) < 4.78 is 5.23. The van der Waals surface area contributed by atoms with Gasteiger partial charge in [-0.3, -0.25) is 14.4 Å². The Labute approximate surface area is 184 Å². The largest absolute Gasteiger partial charge is 0.497 e. The average Bonchev–Trinajstić information content (AvgIpc) is 3.68. The highest BCUT2D eigenvalue weighted by Gasteiger charge is 2.39. The van der Waals surface area contributed by atoms with E-state index < -0.39 is 6.04 Å². The Bertz CT molecular complexity index is 809. The van der Waals surface area contributed by atoms with E-state index in [2.05, 4.69) is 5.32 Å². The van der Waals surface area contributed by atoms with Gasteiger partial charge >= 0.3 is 0 Å². The number of ether oxygens (including phenoxy) is 1. The van der Waals surface area contributed by atoms with Gasteiger partial charge < -0.3 is 19.9 Å². The molecule has 1 aliphatic carbocycles. The lowest BCUT2D eigenvalue weighted by Gasteiger charge is -2.38.